The number of aliphatic hydroxyl groups is 1. The molecule has 0 radical (unpaired) electrons. The maximum absolute atomic E-state index is 13.3. The number of ketones is 1. The molecule has 4 saturated carbocycles. The maximum Gasteiger partial charge on any atom is 0.303 e. The molecule has 5 fully saturated rings. The number of aliphatic hydroxyl groups excluding tert-OH is 1. The van der Waals surface area contributed by atoms with Crippen molar-refractivity contribution in [1.82, 2.24) is 0 Å². The number of rotatable bonds is 8. The molecule has 56 heavy (non-hydrogen) atoms. The molecule has 1 N–H and O–H groups in total. The van der Waals surface area contributed by atoms with Crippen LogP contribution in [0.15, 0.2) is 11.6 Å². The van der Waals surface area contributed by atoms with Gasteiger partial charge in [0.2, 0.25) is 0 Å². The van der Waals surface area contributed by atoms with Crippen LogP contribution in [0.4, 0.5) is 0 Å². The van der Waals surface area contributed by atoms with Crippen LogP contribution in [0.25, 0.3) is 0 Å². The van der Waals surface area contributed by atoms with E-state index < -0.39 is 60.5 Å². The standard InChI is InChI=1S/C45H68O11/c1-24-14-19-45(22-31(50)37-39(54-28(5)48)40(55-29(6)49)38(53-27(4)47)32(56-37)23-52-26(3)46)21-20-43(10)30(36(45)25(24)2)12-13-34-42(9)17-16-35(51)41(7,8)33(42)15-18-44(34,43)11/h12,24-25,31-34,36-40,50H,13-23H2,1-11H3/t24-,25+,31-,32?,33?,34?,36?,37+,38+,39?,40?,42+,43-,44-,45-/m1/s1. The highest BCUT2D eigenvalue weighted by atomic mass is 16.7. The Bertz CT molecular complexity index is 1620. The molecule has 11 nitrogen and oxygen atoms in total. The van der Waals surface area contributed by atoms with Crippen LogP contribution in [0.3, 0.4) is 0 Å². The number of hydrogen-bond acceptors (Lipinski definition) is 11. The summed E-state index contributed by atoms with van der Waals surface area (Å²) in [6.07, 6.45) is 4.08. The van der Waals surface area contributed by atoms with Crippen molar-refractivity contribution in [1.29, 1.82) is 0 Å². The highest BCUT2D eigenvalue weighted by molar-refractivity contribution is 5.85. The quantitative estimate of drug-likeness (QED) is 0.153. The van der Waals surface area contributed by atoms with E-state index in [2.05, 4.69) is 54.5 Å². The van der Waals surface area contributed by atoms with E-state index in [-0.39, 0.29) is 39.6 Å². The molecular weight excluding hydrogens is 716 g/mol. The summed E-state index contributed by atoms with van der Waals surface area (Å²) in [6, 6.07) is 0. The van der Waals surface area contributed by atoms with Gasteiger partial charge in [0, 0.05) is 39.5 Å². The van der Waals surface area contributed by atoms with Gasteiger partial charge in [-0.25, -0.2) is 0 Å². The van der Waals surface area contributed by atoms with E-state index in [1.807, 2.05) is 0 Å². The van der Waals surface area contributed by atoms with Crippen molar-refractivity contribution >= 4 is 29.7 Å². The molecule has 6 unspecified atom stereocenters. The van der Waals surface area contributed by atoms with Crippen LogP contribution in [-0.2, 0) is 47.7 Å². The second-order valence-electron chi connectivity index (χ2n) is 20.1. The monoisotopic (exact) mass is 784 g/mol. The van der Waals surface area contributed by atoms with Crippen molar-refractivity contribution in [2.24, 2.45) is 56.7 Å². The molecule has 5 aliphatic carbocycles. The Labute approximate surface area is 333 Å². The lowest BCUT2D eigenvalue weighted by atomic mass is 9.33. The SMILES string of the molecule is CC(=O)OCC1O[C@@H]([C@H](O)C[C@]23CC[C@@H](C)[C@H](C)C2C2=CCC4[C@@]5(C)CCC(=O)C(C)(C)C5CC[C@@]4(C)[C@]2(C)CC3)C(OC(C)=O)C(OC(C)=O)[C@H]1OC(C)=O. The molecule has 1 saturated heterocycles. The summed E-state index contributed by atoms with van der Waals surface area (Å²) in [6.45, 7) is 21.2. The largest absolute Gasteiger partial charge is 0.463 e. The van der Waals surface area contributed by atoms with Crippen molar-refractivity contribution in [3.8, 4) is 0 Å². The Morgan fingerprint density at radius 2 is 1.43 bits per heavy atom. The van der Waals surface area contributed by atoms with Gasteiger partial charge in [0.05, 0.1) is 6.10 Å². The third-order valence-electron chi connectivity index (χ3n) is 16.9. The molecule has 1 heterocycles. The molecular formula is C45H68O11. The first-order valence-electron chi connectivity index (χ1n) is 21.2. The van der Waals surface area contributed by atoms with Crippen LogP contribution in [0, 0.1) is 56.7 Å². The summed E-state index contributed by atoms with van der Waals surface area (Å²) < 4.78 is 28.9. The van der Waals surface area contributed by atoms with Crippen LogP contribution in [-0.4, -0.2) is 78.0 Å². The van der Waals surface area contributed by atoms with Crippen LogP contribution < -0.4 is 0 Å². The normalized spacial score (nSPS) is 44.6. The number of fused-ring (bicyclic) bond motifs is 7. The fourth-order valence-corrected chi connectivity index (χ4v) is 13.9. The van der Waals surface area contributed by atoms with Crippen molar-refractivity contribution in [3.63, 3.8) is 0 Å². The van der Waals surface area contributed by atoms with E-state index >= 15 is 0 Å². The Hall–Kier alpha value is -2.79. The molecule has 15 atom stereocenters. The van der Waals surface area contributed by atoms with E-state index in [0.717, 1.165) is 51.4 Å². The van der Waals surface area contributed by atoms with Gasteiger partial charge in [-0.3, -0.25) is 24.0 Å². The Morgan fingerprint density at radius 1 is 0.804 bits per heavy atom. The van der Waals surface area contributed by atoms with Gasteiger partial charge in [-0.1, -0.05) is 60.1 Å². The molecule has 0 bridgehead atoms. The molecule has 0 spiro atoms. The van der Waals surface area contributed by atoms with Crippen molar-refractivity contribution < 1.29 is 52.8 Å². The zero-order valence-corrected chi connectivity index (χ0v) is 35.7. The molecule has 0 amide bonds. The predicted molar refractivity (Wildman–Crippen MR) is 207 cm³/mol. The summed E-state index contributed by atoms with van der Waals surface area (Å²) in [5, 5.41) is 12.5. The Morgan fingerprint density at radius 3 is 2.05 bits per heavy atom. The number of Topliss-reactive ketones (excluding diaryl/α,β-unsaturated/α-hetero) is 1. The second-order valence-corrected chi connectivity index (χ2v) is 20.1. The lowest BCUT2D eigenvalue weighted by molar-refractivity contribution is -0.269. The van der Waals surface area contributed by atoms with Crippen LogP contribution in [0.1, 0.15) is 140 Å². The van der Waals surface area contributed by atoms with Gasteiger partial charge in [0.1, 0.15) is 24.6 Å². The van der Waals surface area contributed by atoms with Crippen molar-refractivity contribution in [2.75, 3.05) is 6.61 Å². The fourth-order valence-electron chi connectivity index (χ4n) is 13.9. The van der Waals surface area contributed by atoms with Gasteiger partial charge in [0.15, 0.2) is 18.3 Å². The fraction of sp³-hybridized carbons (Fsp3) is 0.844. The summed E-state index contributed by atoms with van der Waals surface area (Å²) >= 11 is 0. The average Bonchev–Trinajstić information content (AvgIpc) is 3.09. The Balaban J connectivity index is 1.37. The minimum Gasteiger partial charge on any atom is -0.463 e. The topological polar surface area (TPSA) is 152 Å². The highest BCUT2D eigenvalue weighted by Crippen LogP contribution is 2.76. The van der Waals surface area contributed by atoms with Crippen molar-refractivity contribution in [2.45, 2.75) is 177 Å². The van der Waals surface area contributed by atoms with Crippen LogP contribution >= 0.6 is 0 Å². The van der Waals surface area contributed by atoms with Gasteiger partial charge >= 0.3 is 23.9 Å². The molecule has 0 aromatic carbocycles. The van der Waals surface area contributed by atoms with E-state index in [4.69, 9.17) is 23.7 Å². The van der Waals surface area contributed by atoms with E-state index in [0.29, 0.717) is 42.3 Å². The molecule has 11 heteroatoms. The van der Waals surface area contributed by atoms with Crippen LogP contribution in [0.2, 0.25) is 0 Å². The number of allylic oxidation sites excluding steroid dienone is 2. The molecule has 314 valence electrons. The summed E-state index contributed by atoms with van der Waals surface area (Å²) in [4.78, 5) is 62.7. The number of ether oxygens (including phenoxy) is 5. The smallest absolute Gasteiger partial charge is 0.303 e. The molecule has 6 aliphatic rings. The van der Waals surface area contributed by atoms with E-state index in [9.17, 15) is 29.1 Å². The van der Waals surface area contributed by atoms with Crippen LogP contribution in [0.5, 0.6) is 0 Å². The summed E-state index contributed by atoms with van der Waals surface area (Å²) in [7, 11) is 0. The van der Waals surface area contributed by atoms with E-state index in [1.165, 1.54) is 33.3 Å². The lowest BCUT2D eigenvalue weighted by Crippen LogP contribution is -2.66. The zero-order valence-electron chi connectivity index (χ0n) is 35.7. The molecule has 6 rings (SSSR count). The van der Waals surface area contributed by atoms with Gasteiger partial charge in [-0.2, -0.15) is 0 Å². The first kappa shape index (κ1) is 42.8. The lowest BCUT2D eigenvalue weighted by Gasteiger charge is -2.71. The maximum atomic E-state index is 13.3. The zero-order chi connectivity index (χ0) is 41.3. The predicted octanol–water partition coefficient (Wildman–Crippen LogP) is 7.09. The van der Waals surface area contributed by atoms with Gasteiger partial charge in [-0.15, -0.1) is 0 Å². The first-order chi connectivity index (χ1) is 26.0. The van der Waals surface area contributed by atoms with Gasteiger partial charge in [0.25, 0.3) is 0 Å². The highest BCUT2D eigenvalue weighted by Gasteiger charge is 2.69. The number of carbonyl (C=O) groups excluding carboxylic acids is 5. The third kappa shape index (κ3) is 6.96. The Kier molecular flexibility index (Phi) is 11.5. The van der Waals surface area contributed by atoms with E-state index in [1.54, 1.807) is 0 Å². The number of hydrogen-bond donors (Lipinski definition) is 1. The summed E-state index contributed by atoms with van der Waals surface area (Å²) in [5.41, 5.74) is 0.959. The van der Waals surface area contributed by atoms with Gasteiger partial charge < -0.3 is 28.8 Å². The van der Waals surface area contributed by atoms with Gasteiger partial charge in [-0.05, 0) is 109 Å². The molecule has 0 aromatic rings. The minimum atomic E-state index is -1.32. The summed E-state index contributed by atoms with van der Waals surface area (Å²) in [5.74, 6) is -0.420. The number of esters is 4. The van der Waals surface area contributed by atoms with Crippen molar-refractivity contribution in [3.05, 3.63) is 11.6 Å². The third-order valence-corrected chi connectivity index (χ3v) is 16.9. The number of carbonyl (C=O) groups is 5. The molecule has 0 aromatic heterocycles. The minimum absolute atomic E-state index is 0.0454. The first-order valence-corrected chi connectivity index (χ1v) is 21.2. The second kappa shape index (κ2) is 15.1. The molecule has 1 aliphatic heterocycles. The average molecular weight is 785 g/mol.